The highest BCUT2D eigenvalue weighted by Crippen LogP contribution is 2.25. The first-order valence-corrected chi connectivity index (χ1v) is 11.5. The number of halogens is 1. The number of thioether (sulfide) groups is 1. The summed E-state index contributed by atoms with van der Waals surface area (Å²) in [6, 6.07) is 24.1. The van der Waals surface area contributed by atoms with Gasteiger partial charge >= 0.3 is 0 Å². The molecule has 0 aliphatic rings. The van der Waals surface area contributed by atoms with Gasteiger partial charge in [-0.25, -0.2) is 0 Å². The highest BCUT2D eigenvalue weighted by Gasteiger charge is 2.15. The lowest BCUT2D eigenvalue weighted by Crippen LogP contribution is -2.26. The molecule has 30 heavy (non-hydrogen) atoms. The molecule has 2 nitrogen and oxygen atoms in total. The Labute approximate surface area is 189 Å². The van der Waals surface area contributed by atoms with Crippen molar-refractivity contribution < 1.29 is 4.79 Å². The SMILES string of the molecule is C[C@@H](NC(=O)c1ccc(CSc2ccc(Cl)cc2)cc1)c1ccc(C(C)(C)C)cc1. The Kier molecular flexibility index (Phi) is 7.27. The summed E-state index contributed by atoms with van der Waals surface area (Å²) in [5.41, 5.74) is 4.37. The van der Waals surface area contributed by atoms with Crippen molar-refractivity contribution in [1.29, 1.82) is 0 Å². The molecule has 0 heterocycles. The van der Waals surface area contributed by atoms with Crippen LogP contribution in [-0.2, 0) is 11.2 Å². The summed E-state index contributed by atoms with van der Waals surface area (Å²) >= 11 is 7.68. The molecule has 0 bridgehead atoms. The maximum atomic E-state index is 12.6. The summed E-state index contributed by atoms with van der Waals surface area (Å²) in [5.74, 6) is 0.791. The Morgan fingerprint density at radius 2 is 1.53 bits per heavy atom. The minimum atomic E-state index is -0.0562. The van der Waals surface area contributed by atoms with Crippen molar-refractivity contribution in [3.63, 3.8) is 0 Å². The molecular weight excluding hydrogens is 410 g/mol. The first-order chi connectivity index (χ1) is 14.2. The quantitative estimate of drug-likeness (QED) is 0.406. The van der Waals surface area contributed by atoms with E-state index in [0.717, 1.165) is 16.3 Å². The predicted octanol–water partition coefficient (Wildman–Crippen LogP) is 7.42. The maximum absolute atomic E-state index is 12.6. The van der Waals surface area contributed by atoms with Crippen molar-refractivity contribution in [1.82, 2.24) is 5.32 Å². The predicted molar refractivity (Wildman–Crippen MR) is 128 cm³/mol. The summed E-state index contributed by atoms with van der Waals surface area (Å²) in [6.07, 6.45) is 0. The highest BCUT2D eigenvalue weighted by molar-refractivity contribution is 7.98. The van der Waals surface area contributed by atoms with E-state index >= 15 is 0 Å². The molecule has 0 aromatic heterocycles. The van der Waals surface area contributed by atoms with E-state index in [9.17, 15) is 4.79 Å². The minimum Gasteiger partial charge on any atom is -0.346 e. The molecule has 3 aromatic carbocycles. The van der Waals surface area contributed by atoms with Gasteiger partial charge in [-0.3, -0.25) is 4.79 Å². The number of carbonyl (C=O) groups excluding carboxylic acids is 1. The number of hydrogen-bond acceptors (Lipinski definition) is 2. The third kappa shape index (κ3) is 6.13. The van der Waals surface area contributed by atoms with Gasteiger partial charge in [0.25, 0.3) is 5.91 Å². The lowest BCUT2D eigenvalue weighted by atomic mass is 9.86. The van der Waals surface area contributed by atoms with Crippen LogP contribution in [0, 0.1) is 0 Å². The van der Waals surface area contributed by atoms with Gasteiger partial charge in [0.1, 0.15) is 0 Å². The number of carbonyl (C=O) groups is 1. The summed E-state index contributed by atoms with van der Waals surface area (Å²) in [5, 5.41) is 3.84. The lowest BCUT2D eigenvalue weighted by Gasteiger charge is -2.20. The second-order valence-electron chi connectivity index (χ2n) is 8.51. The van der Waals surface area contributed by atoms with Crippen LogP contribution in [0.3, 0.4) is 0 Å². The van der Waals surface area contributed by atoms with Gasteiger partial charge in [0.05, 0.1) is 6.04 Å². The number of nitrogens with one attached hydrogen (secondary N) is 1. The Morgan fingerprint density at radius 3 is 2.10 bits per heavy atom. The first kappa shape index (κ1) is 22.5. The molecular formula is C26H28ClNOS. The Hall–Kier alpha value is -2.23. The van der Waals surface area contributed by atoms with Crippen LogP contribution >= 0.6 is 23.4 Å². The molecule has 0 fully saturated rings. The second-order valence-corrected chi connectivity index (χ2v) is 9.99. The van der Waals surface area contributed by atoms with Crippen molar-refractivity contribution >= 4 is 29.3 Å². The molecule has 0 unspecified atom stereocenters. The zero-order valence-electron chi connectivity index (χ0n) is 17.9. The van der Waals surface area contributed by atoms with Gasteiger partial charge in [-0.1, -0.05) is 68.8 Å². The lowest BCUT2D eigenvalue weighted by molar-refractivity contribution is 0.0940. The van der Waals surface area contributed by atoms with Crippen molar-refractivity contribution in [2.75, 3.05) is 0 Å². The zero-order chi connectivity index (χ0) is 21.7. The van der Waals surface area contributed by atoms with E-state index in [2.05, 4.69) is 50.4 Å². The van der Waals surface area contributed by atoms with Crippen molar-refractivity contribution in [2.24, 2.45) is 0 Å². The molecule has 0 aliphatic heterocycles. The van der Waals surface area contributed by atoms with E-state index in [1.54, 1.807) is 11.8 Å². The summed E-state index contributed by atoms with van der Waals surface area (Å²) in [7, 11) is 0. The monoisotopic (exact) mass is 437 g/mol. The van der Waals surface area contributed by atoms with E-state index in [1.807, 2.05) is 55.5 Å². The van der Waals surface area contributed by atoms with E-state index in [4.69, 9.17) is 11.6 Å². The van der Waals surface area contributed by atoms with E-state index in [1.165, 1.54) is 16.0 Å². The van der Waals surface area contributed by atoms with Crippen LogP contribution in [0.4, 0.5) is 0 Å². The average Bonchev–Trinajstić information content (AvgIpc) is 2.73. The third-order valence-electron chi connectivity index (χ3n) is 5.06. The van der Waals surface area contributed by atoms with Crippen LogP contribution in [-0.4, -0.2) is 5.91 Å². The Bertz CT molecular complexity index is 974. The van der Waals surface area contributed by atoms with Crippen LogP contribution in [0.2, 0.25) is 5.02 Å². The van der Waals surface area contributed by atoms with E-state index in [0.29, 0.717) is 5.56 Å². The van der Waals surface area contributed by atoms with Gasteiger partial charge in [0.15, 0.2) is 0 Å². The average molecular weight is 438 g/mol. The largest absolute Gasteiger partial charge is 0.346 e. The van der Waals surface area contributed by atoms with E-state index in [-0.39, 0.29) is 17.4 Å². The Morgan fingerprint density at radius 1 is 0.933 bits per heavy atom. The third-order valence-corrected chi connectivity index (χ3v) is 6.39. The van der Waals surface area contributed by atoms with Crippen LogP contribution in [0.25, 0.3) is 0 Å². The molecule has 0 saturated heterocycles. The molecule has 4 heteroatoms. The van der Waals surface area contributed by atoms with Crippen LogP contribution in [0.5, 0.6) is 0 Å². The van der Waals surface area contributed by atoms with Gasteiger partial charge in [0, 0.05) is 21.2 Å². The fourth-order valence-corrected chi connectivity index (χ4v) is 4.07. The summed E-state index contributed by atoms with van der Waals surface area (Å²) < 4.78 is 0. The molecule has 0 spiro atoms. The van der Waals surface area contributed by atoms with Crippen molar-refractivity contribution in [3.05, 3.63) is 100 Å². The van der Waals surface area contributed by atoms with Crippen molar-refractivity contribution in [2.45, 2.75) is 49.8 Å². The van der Waals surface area contributed by atoms with Gasteiger partial charge in [-0.05, 0) is 65.4 Å². The fraction of sp³-hybridized carbons (Fsp3) is 0.269. The van der Waals surface area contributed by atoms with Gasteiger partial charge in [-0.2, -0.15) is 0 Å². The Balaban J connectivity index is 1.56. The number of amides is 1. The standard InChI is InChI=1S/C26H28ClNOS/c1-18(20-9-11-22(12-10-20)26(2,3)4)28-25(29)21-7-5-19(6-8-21)17-30-24-15-13-23(27)14-16-24/h5-16,18H,17H2,1-4H3,(H,28,29)/t18-/m1/s1. The molecule has 1 atom stereocenters. The highest BCUT2D eigenvalue weighted by atomic mass is 35.5. The zero-order valence-corrected chi connectivity index (χ0v) is 19.5. The second kappa shape index (κ2) is 9.72. The topological polar surface area (TPSA) is 29.1 Å². The number of benzene rings is 3. The molecule has 3 rings (SSSR count). The molecule has 0 saturated carbocycles. The number of rotatable bonds is 6. The molecule has 156 valence electrons. The van der Waals surface area contributed by atoms with Gasteiger partial charge in [0.2, 0.25) is 0 Å². The van der Waals surface area contributed by atoms with Crippen LogP contribution in [0.1, 0.15) is 60.8 Å². The van der Waals surface area contributed by atoms with Gasteiger partial charge < -0.3 is 5.32 Å². The maximum Gasteiger partial charge on any atom is 0.251 e. The first-order valence-electron chi connectivity index (χ1n) is 10.1. The smallest absolute Gasteiger partial charge is 0.251 e. The summed E-state index contributed by atoms with van der Waals surface area (Å²) in [6.45, 7) is 8.61. The van der Waals surface area contributed by atoms with Crippen molar-refractivity contribution in [3.8, 4) is 0 Å². The molecule has 0 aliphatic carbocycles. The molecule has 1 N–H and O–H groups in total. The summed E-state index contributed by atoms with van der Waals surface area (Å²) in [4.78, 5) is 13.8. The van der Waals surface area contributed by atoms with E-state index < -0.39 is 0 Å². The minimum absolute atomic E-state index is 0.0494. The van der Waals surface area contributed by atoms with Gasteiger partial charge in [-0.15, -0.1) is 11.8 Å². The molecule has 0 radical (unpaired) electrons. The van der Waals surface area contributed by atoms with Crippen LogP contribution < -0.4 is 5.32 Å². The molecule has 3 aromatic rings. The molecule has 1 amide bonds. The van der Waals surface area contributed by atoms with Crippen LogP contribution in [0.15, 0.2) is 77.7 Å². The number of hydrogen-bond donors (Lipinski definition) is 1. The normalized spacial score (nSPS) is 12.4. The fourth-order valence-electron chi connectivity index (χ4n) is 3.08.